The molecule has 3 aromatic rings. The predicted molar refractivity (Wildman–Crippen MR) is 119 cm³/mol. The largest absolute Gasteiger partial charge is 0.507 e. The number of benzene rings is 1. The minimum Gasteiger partial charge on any atom is -0.507 e. The number of nitrogens with zero attached hydrogens (tertiary/aromatic N) is 3. The summed E-state index contributed by atoms with van der Waals surface area (Å²) >= 11 is 6.93. The molecule has 1 aromatic carbocycles. The van der Waals surface area contributed by atoms with Crippen molar-refractivity contribution >= 4 is 29.8 Å². The van der Waals surface area contributed by atoms with Crippen LogP contribution < -0.4 is 0 Å². The van der Waals surface area contributed by atoms with E-state index in [4.69, 9.17) is 12.2 Å². The monoisotopic (exact) mass is 414 g/mol. The zero-order valence-corrected chi connectivity index (χ0v) is 18.7. The molecule has 0 amide bonds. The van der Waals surface area contributed by atoms with Crippen LogP contribution in [-0.4, -0.2) is 26.2 Å². The zero-order valence-electron chi connectivity index (χ0n) is 17.1. The Morgan fingerprint density at radius 1 is 1.14 bits per heavy atom. The van der Waals surface area contributed by atoms with Crippen molar-refractivity contribution in [3.63, 3.8) is 0 Å². The standard InChI is InChI=1S/C21H26N4OS2/c1-20(2,3)14-10-13(11-15(17(14)26)21(4,5)6)12-22-25-18(23-24-19(25)27)16-8-7-9-28-16/h7-12,26H,1-6H3,(H,24,27)/b22-12-. The highest BCUT2D eigenvalue weighted by atomic mass is 32.1. The van der Waals surface area contributed by atoms with Gasteiger partial charge >= 0.3 is 0 Å². The second kappa shape index (κ2) is 7.29. The third-order valence-corrected chi connectivity index (χ3v) is 5.59. The van der Waals surface area contributed by atoms with Crippen LogP contribution in [0.15, 0.2) is 34.7 Å². The second-order valence-electron chi connectivity index (χ2n) is 8.85. The summed E-state index contributed by atoms with van der Waals surface area (Å²) in [4.78, 5) is 0.987. The second-order valence-corrected chi connectivity index (χ2v) is 10.2. The van der Waals surface area contributed by atoms with Gasteiger partial charge in [0.2, 0.25) is 4.77 Å². The van der Waals surface area contributed by atoms with Gasteiger partial charge in [-0.15, -0.1) is 11.3 Å². The van der Waals surface area contributed by atoms with Crippen molar-refractivity contribution in [2.24, 2.45) is 5.10 Å². The molecule has 0 bridgehead atoms. The topological polar surface area (TPSA) is 66.2 Å². The molecule has 0 saturated carbocycles. The summed E-state index contributed by atoms with van der Waals surface area (Å²) in [5, 5.41) is 24.6. The van der Waals surface area contributed by atoms with Crippen LogP contribution in [0.25, 0.3) is 10.7 Å². The van der Waals surface area contributed by atoms with Gasteiger partial charge in [-0.3, -0.25) is 0 Å². The van der Waals surface area contributed by atoms with Crippen molar-refractivity contribution in [2.75, 3.05) is 0 Å². The first kappa shape index (κ1) is 20.5. The summed E-state index contributed by atoms with van der Waals surface area (Å²) in [6.45, 7) is 12.6. The van der Waals surface area contributed by atoms with Crippen LogP contribution in [-0.2, 0) is 10.8 Å². The van der Waals surface area contributed by atoms with E-state index in [1.165, 1.54) is 0 Å². The quantitative estimate of drug-likeness (QED) is 0.417. The molecule has 28 heavy (non-hydrogen) atoms. The molecule has 3 rings (SSSR count). The van der Waals surface area contributed by atoms with Gasteiger partial charge in [0.25, 0.3) is 0 Å². The number of hydrogen-bond acceptors (Lipinski definition) is 5. The van der Waals surface area contributed by atoms with Crippen molar-refractivity contribution < 1.29 is 5.11 Å². The Labute approximate surface area is 174 Å². The van der Waals surface area contributed by atoms with Crippen molar-refractivity contribution in [3.8, 4) is 16.5 Å². The fourth-order valence-electron chi connectivity index (χ4n) is 2.96. The van der Waals surface area contributed by atoms with E-state index < -0.39 is 0 Å². The highest BCUT2D eigenvalue weighted by Gasteiger charge is 2.26. The molecule has 0 atom stereocenters. The van der Waals surface area contributed by atoms with E-state index >= 15 is 0 Å². The van der Waals surface area contributed by atoms with E-state index in [-0.39, 0.29) is 10.8 Å². The molecule has 0 aliphatic rings. The third-order valence-electron chi connectivity index (χ3n) is 4.46. The summed E-state index contributed by atoms with van der Waals surface area (Å²) in [5.74, 6) is 1.04. The van der Waals surface area contributed by atoms with Crippen LogP contribution in [0, 0.1) is 4.77 Å². The fraction of sp³-hybridized carbons (Fsp3) is 0.381. The average molecular weight is 415 g/mol. The number of phenols is 1. The number of aromatic nitrogens is 3. The number of aromatic hydroxyl groups is 1. The number of phenolic OH excluding ortho intramolecular Hbond substituents is 1. The molecule has 0 aliphatic carbocycles. The molecule has 0 fully saturated rings. The normalized spacial score (nSPS) is 12.8. The summed E-state index contributed by atoms with van der Waals surface area (Å²) in [6.07, 6.45) is 1.77. The van der Waals surface area contributed by atoms with Crippen molar-refractivity contribution in [2.45, 2.75) is 52.4 Å². The maximum Gasteiger partial charge on any atom is 0.216 e. The Morgan fingerprint density at radius 2 is 1.75 bits per heavy atom. The fourth-order valence-corrected chi connectivity index (χ4v) is 3.84. The Morgan fingerprint density at radius 3 is 2.25 bits per heavy atom. The van der Waals surface area contributed by atoms with Crippen LogP contribution in [0.5, 0.6) is 5.75 Å². The Balaban J connectivity index is 2.11. The molecule has 0 saturated heterocycles. The molecule has 5 nitrogen and oxygen atoms in total. The molecular formula is C21H26N4OS2. The van der Waals surface area contributed by atoms with Crippen LogP contribution in [0.4, 0.5) is 0 Å². The molecule has 0 spiro atoms. The molecule has 148 valence electrons. The molecule has 0 unspecified atom stereocenters. The average Bonchev–Trinajstić information content (AvgIpc) is 3.21. The van der Waals surface area contributed by atoms with Gasteiger partial charge in [-0.05, 0) is 52.2 Å². The van der Waals surface area contributed by atoms with Crippen molar-refractivity contribution in [3.05, 3.63) is 51.1 Å². The van der Waals surface area contributed by atoms with Crippen molar-refractivity contribution in [1.82, 2.24) is 14.9 Å². The highest BCUT2D eigenvalue weighted by Crippen LogP contribution is 2.39. The summed E-state index contributed by atoms with van der Waals surface area (Å²) in [7, 11) is 0. The molecule has 2 heterocycles. The zero-order chi connectivity index (χ0) is 20.7. The Bertz CT molecular complexity index is 1030. The van der Waals surface area contributed by atoms with Gasteiger partial charge in [0.1, 0.15) is 5.75 Å². The van der Waals surface area contributed by atoms with Crippen LogP contribution >= 0.6 is 23.6 Å². The van der Waals surface area contributed by atoms with Gasteiger partial charge in [0.15, 0.2) is 5.82 Å². The summed E-state index contributed by atoms with van der Waals surface area (Å²) < 4.78 is 2.06. The van der Waals surface area contributed by atoms with Crippen LogP contribution in [0.3, 0.4) is 0 Å². The lowest BCUT2D eigenvalue weighted by atomic mass is 9.78. The van der Waals surface area contributed by atoms with Gasteiger partial charge in [-0.1, -0.05) is 47.6 Å². The van der Waals surface area contributed by atoms with Gasteiger partial charge in [-0.25, -0.2) is 5.10 Å². The summed E-state index contributed by atoms with van der Waals surface area (Å²) in [6, 6.07) is 7.93. The molecule has 0 radical (unpaired) electrons. The smallest absolute Gasteiger partial charge is 0.216 e. The highest BCUT2D eigenvalue weighted by molar-refractivity contribution is 7.71. The number of nitrogens with one attached hydrogen (secondary N) is 1. The minimum absolute atomic E-state index is 0.192. The first-order valence-corrected chi connectivity index (χ1v) is 10.4. The third kappa shape index (κ3) is 4.10. The first-order valence-electron chi connectivity index (χ1n) is 9.12. The van der Waals surface area contributed by atoms with Crippen LogP contribution in [0.2, 0.25) is 0 Å². The first-order chi connectivity index (χ1) is 13.0. The van der Waals surface area contributed by atoms with E-state index in [1.807, 2.05) is 29.6 Å². The lowest BCUT2D eigenvalue weighted by molar-refractivity contribution is 0.423. The van der Waals surface area contributed by atoms with Gasteiger partial charge in [0, 0.05) is 11.1 Å². The van der Waals surface area contributed by atoms with Gasteiger partial charge in [0.05, 0.1) is 11.1 Å². The number of H-pyrrole nitrogens is 1. The lowest BCUT2D eigenvalue weighted by Crippen LogP contribution is -2.18. The maximum absolute atomic E-state index is 10.9. The number of rotatable bonds is 3. The summed E-state index contributed by atoms with van der Waals surface area (Å²) in [5.41, 5.74) is 2.32. The maximum atomic E-state index is 10.9. The predicted octanol–water partition coefficient (Wildman–Crippen LogP) is 5.85. The number of aromatic amines is 1. The van der Waals surface area contributed by atoms with E-state index in [0.29, 0.717) is 16.3 Å². The SMILES string of the molecule is CC(C)(C)c1cc(/C=N\n2c(-c3cccs3)n[nH]c2=S)cc(C(C)(C)C)c1O. The van der Waals surface area contributed by atoms with E-state index in [0.717, 1.165) is 21.6 Å². The Hall–Kier alpha value is -2.25. The van der Waals surface area contributed by atoms with Gasteiger partial charge in [-0.2, -0.15) is 14.9 Å². The Kier molecular flexibility index (Phi) is 5.34. The van der Waals surface area contributed by atoms with Gasteiger partial charge < -0.3 is 5.11 Å². The van der Waals surface area contributed by atoms with Crippen molar-refractivity contribution in [1.29, 1.82) is 0 Å². The molecule has 2 aromatic heterocycles. The number of thiophene rings is 1. The number of hydrogen-bond donors (Lipinski definition) is 2. The minimum atomic E-state index is -0.192. The molecular weight excluding hydrogens is 388 g/mol. The van der Waals surface area contributed by atoms with E-state index in [1.54, 1.807) is 22.2 Å². The van der Waals surface area contributed by atoms with Crippen LogP contribution in [0.1, 0.15) is 58.2 Å². The molecule has 2 N–H and O–H groups in total. The molecule has 0 aliphatic heterocycles. The molecule has 7 heteroatoms. The van der Waals surface area contributed by atoms with E-state index in [9.17, 15) is 5.11 Å². The van der Waals surface area contributed by atoms with E-state index in [2.05, 4.69) is 56.8 Å². The lowest BCUT2D eigenvalue weighted by Gasteiger charge is -2.27.